The normalized spacial score (nSPS) is 16.4. The van der Waals surface area contributed by atoms with Crippen molar-refractivity contribution in [3.63, 3.8) is 0 Å². The maximum absolute atomic E-state index is 9.43. The molecule has 0 unspecified atom stereocenters. The van der Waals surface area contributed by atoms with Crippen molar-refractivity contribution >= 4 is 11.9 Å². The summed E-state index contributed by atoms with van der Waals surface area (Å²) in [4.78, 5) is 21.2. The molecule has 1 rings (SSSR count). The standard InChI is InChI=1S/C7H15N2.C3H4O4.Pt/c1-8-7-3-5-9(2)6-4-7;4-2(5)1-3(6)7;/h7H,3-6H2,1-2H3;1H2,(H,4,5)(H,6,7);/q-1;;+2. The van der Waals surface area contributed by atoms with Crippen LogP contribution in [0.5, 0.6) is 0 Å². The van der Waals surface area contributed by atoms with E-state index in [1.54, 1.807) is 0 Å². The number of hydrogen-bond acceptors (Lipinski definition) is 3. The van der Waals surface area contributed by atoms with Crippen molar-refractivity contribution in [2.24, 2.45) is 0 Å². The molecule has 1 saturated heterocycles. The zero-order chi connectivity index (χ0) is 12.6. The van der Waals surface area contributed by atoms with Gasteiger partial charge in [-0.25, -0.2) is 0 Å². The van der Waals surface area contributed by atoms with E-state index in [4.69, 9.17) is 10.2 Å². The van der Waals surface area contributed by atoms with E-state index >= 15 is 0 Å². The number of hydrogen-bond donors (Lipinski definition) is 2. The van der Waals surface area contributed by atoms with Crippen LogP contribution in [0.4, 0.5) is 0 Å². The molecular formula is C10H19N2O4Pt+. The van der Waals surface area contributed by atoms with Crippen LogP contribution in [-0.4, -0.2) is 60.3 Å². The molecule has 7 heteroatoms. The maximum atomic E-state index is 9.43. The monoisotopic (exact) mass is 426 g/mol. The molecule has 1 heterocycles. The van der Waals surface area contributed by atoms with Gasteiger partial charge in [-0.1, -0.05) is 12.8 Å². The van der Waals surface area contributed by atoms with Crippen LogP contribution in [0, 0.1) is 0 Å². The first kappa shape index (κ1) is 18.9. The molecule has 0 amide bonds. The van der Waals surface area contributed by atoms with Crippen LogP contribution in [0.15, 0.2) is 0 Å². The van der Waals surface area contributed by atoms with Gasteiger partial charge in [0.05, 0.1) is 0 Å². The van der Waals surface area contributed by atoms with E-state index in [2.05, 4.69) is 17.3 Å². The van der Waals surface area contributed by atoms with E-state index in [1.165, 1.54) is 25.9 Å². The summed E-state index contributed by atoms with van der Waals surface area (Å²) in [7, 11) is 4.10. The molecule has 0 bridgehead atoms. The summed E-state index contributed by atoms with van der Waals surface area (Å²) < 4.78 is 0. The van der Waals surface area contributed by atoms with Crippen molar-refractivity contribution in [1.82, 2.24) is 4.90 Å². The van der Waals surface area contributed by atoms with Gasteiger partial charge in [0.2, 0.25) is 0 Å². The second-order valence-corrected chi connectivity index (χ2v) is 3.76. The van der Waals surface area contributed by atoms with Crippen molar-refractivity contribution in [2.75, 3.05) is 27.2 Å². The topological polar surface area (TPSA) is 91.9 Å². The predicted molar refractivity (Wildman–Crippen MR) is 59.7 cm³/mol. The van der Waals surface area contributed by atoms with Gasteiger partial charge in [-0.05, 0) is 20.1 Å². The van der Waals surface area contributed by atoms with Gasteiger partial charge in [-0.3, -0.25) is 9.59 Å². The average Bonchev–Trinajstić information content (AvgIpc) is 2.17. The van der Waals surface area contributed by atoms with Crippen LogP contribution in [0.3, 0.4) is 0 Å². The van der Waals surface area contributed by atoms with E-state index in [9.17, 15) is 9.59 Å². The Bertz CT molecular complexity index is 218. The maximum Gasteiger partial charge on any atom is 2.00 e. The van der Waals surface area contributed by atoms with Crippen LogP contribution in [0.1, 0.15) is 19.3 Å². The zero-order valence-electron chi connectivity index (χ0n) is 10.0. The SMILES string of the molecule is C[N-]C1CCN(C)CC1.O=C(O)CC(=O)O.[Pt+2]. The molecule has 2 N–H and O–H groups in total. The predicted octanol–water partition coefficient (Wildman–Crippen LogP) is 0.627. The summed E-state index contributed by atoms with van der Waals surface area (Å²) in [6.45, 7) is 2.45. The second kappa shape index (κ2) is 10.7. The molecule has 1 aliphatic rings. The van der Waals surface area contributed by atoms with E-state index < -0.39 is 18.4 Å². The first-order valence-corrected chi connectivity index (χ1v) is 5.16. The largest absolute Gasteiger partial charge is 2.00 e. The minimum absolute atomic E-state index is 0. The Labute approximate surface area is 116 Å². The van der Waals surface area contributed by atoms with Gasteiger partial charge < -0.3 is 20.4 Å². The fourth-order valence-corrected chi connectivity index (χ4v) is 1.38. The van der Waals surface area contributed by atoms with Gasteiger partial charge in [0.1, 0.15) is 6.42 Å². The fourth-order valence-electron chi connectivity index (χ4n) is 1.38. The molecule has 0 aromatic carbocycles. The van der Waals surface area contributed by atoms with Gasteiger partial charge in [-0.2, -0.15) is 7.05 Å². The average molecular weight is 426 g/mol. The Morgan fingerprint density at radius 3 is 1.88 bits per heavy atom. The molecule has 0 aromatic heterocycles. The molecular weight excluding hydrogens is 407 g/mol. The smallest absolute Gasteiger partial charge is 0.662 e. The molecule has 0 atom stereocenters. The second-order valence-electron chi connectivity index (χ2n) is 3.76. The van der Waals surface area contributed by atoms with Crippen LogP contribution in [-0.2, 0) is 30.7 Å². The Balaban J connectivity index is 0. The zero-order valence-corrected chi connectivity index (χ0v) is 12.3. The third-order valence-electron chi connectivity index (χ3n) is 2.36. The number of nitrogens with zero attached hydrogens (tertiary/aromatic N) is 2. The number of piperidine rings is 1. The summed E-state index contributed by atoms with van der Waals surface area (Å²) in [6.07, 6.45) is 1.71. The summed E-state index contributed by atoms with van der Waals surface area (Å²) in [6, 6.07) is 0.654. The Kier molecular flexibility index (Phi) is 11.9. The van der Waals surface area contributed by atoms with Crippen LogP contribution >= 0.6 is 0 Å². The van der Waals surface area contributed by atoms with Gasteiger partial charge in [0, 0.05) is 0 Å². The molecule has 1 fully saturated rings. The van der Waals surface area contributed by atoms with Crippen LogP contribution in [0.2, 0.25) is 0 Å². The third-order valence-corrected chi connectivity index (χ3v) is 2.36. The van der Waals surface area contributed by atoms with Crippen molar-refractivity contribution in [2.45, 2.75) is 25.3 Å². The van der Waals surface area contributed by atoms with E-state index in [1.807, 2.05) is 7.05 Å². The van der Waals surface area contributed by atoms with E-state index in [0.29, 0.717) is 6.04 Å². The summed E-state index contributed by atoms with van der Waals surface area (Å²) >= 11 is 0. The molecule has 0 radical (unpaired) electrons. The Morgan fingerprint density at radius 1 is 1.24 bits per heavy atom. The summed E-state index contributed by atoms with van der Waals surface area (Å²) in [5.74, 6) is -2.62. The van der Waals surface area contributed by atoms with Crippen molar-refractivity contribution in [1.29, 1.82) is 0 Å². The number of rotatable bonds is 3. The fraction of sp³-hybridized carbons (Fsp3) is 0.800. The van der Waals surface area contributed by atoms with Gasteiger partial charge in [-0.15, -0.1) is 6.04 Å². The molecule has 0 aliphatic carbocycles. The molecule has 17 heavy (non-hydrogen) atoms. The van der Waals surface area contributed by atoms with Crippen molar-refractivity contribution in [3.8, 4) is 0 Å². The number of carbonyl (C=O) groups is 2. The first-order valence-electron chi connectivity index (χ1n) is 5.16. The van der Waals surface area contributed by atoms with Crippen LogP contribution < -0.4 is 0 Å². The van der Waals surface area contributed by atoms with Gasteiger partial charge >= 0.3 is 33.0 Å². The quantitative estimate of drug-likeness (QED) is 0.646. The minimum Gasteiger partial charge on any atom is -0.662 e. The Hall–Kier alpha value is -0.452. The van der Waals surface area contributed by atoms with E-state index in [-0.39, 0.29) is 21.1 Å². The van der Waals surface area contributed by atoms with Crippen molar-refractivity contribution in [3.05, 3.63) is 5.32 Å². The number of carboxylic acid groups (broad SMARTS) is 2. The molecule has 0 spiro atoms. The number of carboxylic acids is 2. The number of likely N-dealkylation sites (tertiary alicyclic amines) is 1. The summed E-state index contributed by atoms with van der Waals surface area (Å²) in [5, 5.41) is 19.7. The third kappa shape index (κ3) is 11.8. The molecule has 1 aliphatic heterocycles. The Morgan fingerprint density at radius 2 is 1.65 bits per heavy atom. The summed E-state index contributed by atoms with van der Waals surface area (Å²) in [5.41, 5.74) is 0. The van der Waals surface area contributed by atoms with Crippen molar-refractivity contribution < 1.29 is 40.9 Å². The van der Waals surface area contributed by atoms with Crippen LogP contribution in [0.25, 0.3) is 5.32 Å². The molecule has 102 valence electrons. The first-order chi connectivity index (χ1) is 7.45. The molecule has 0 saturated carbocycles. The minimum atomic E-state index is -1.31. The molecule has 6 nitrogen and oxygen atoms in total. The van der Waals surface area contributed by atoms with Gasteiger partial charge in [0.15, 0.2) is 0 Å². The van der Waals surface area contributed by atoms with E-state index in [0.717, 1.165) is 0 Å². The number of aliphatic carboxylic acids is 2. The van der Waals surface area contributed by atoms with Gasteiger partial charge in [0.25, 0.3) is 0 Å². The molecule has 0 aromatic rings.